The van der Waals surface area contributed by atoms with Crippen LogP contribution in [0, 0.1) is 0 Å². The summed E-state index contributed by atoms with van der Waals surface area (Å²) in [5.74, 6) is -0.495. The number of anilines is 2. The third-order valence-electron chi connectivity index (χ3n) is 7.41. The lowest BCUT2D eigenvalue weighted by atomic mass is 9.83. The number of urea groups is 1. The molecule has 0 radical (unpaired) electrons. The number of nitrogens with one attached hydrogen (secondary N) is 4. The number of hydrogen-bond acceptors (Lipinski definition) is 7. The van der Waals surface area contributed by atoms with E-state index < -0.39 is 36.7 Å². The summed E-state index contributed by atoms with van der Waals surface area (Å²) in [7, 11) is 0. The molecule has 3 amide bonds. The predicted molar refractivity (Wildman–Crippen MR) is 154 cm³/mol. The minimum Gasteiger partial charge on any atom is -0.405 e. The molecular formula is C30H30F3N7O4. The van der Waals surface area contributed by atoms with Crippen molar-refractivity contribution < 1.29 is 32.6 Å². The third-order valence-corrected chi connectivity index (χ3v) is 7.41. The third kappa shape index (κ3) is 7.89. The average Bonchev–Trinajstić information content (AvgIpc) is 3.54. The molecule has 1 fully saturated rings. The van der Waals surface area contributed by atoms with E-state index in [2.05, 4.69) is 53.4 Å². The zero-order valence-corrected chi connectivity index (χ0v) is 23.4. The number of H-pyrrole nitrogens is 1. The number of rotatable bonds is 9. The standard InChI is InChI=1S/C30H30F3N7O4/c31-30(32,33)44-25-15-14-24(16-23(25)17-41)34-29(43)35-26(20-8-6-19(7-9-20)18-4-2-1-3-5-18)21-10-12-22(13-11-21)27(42)36-28-37-39-40-38-28/h6-16,18,26,41H,1-5,17H2,(H2,34,35,43)(H2,36,37,38,39,40,42). The first-order valence-electron chi connectivity index (χ1n) is 14.0. The second-order valence-electron chi connectivity index (χ2n) is 10.4. The van der Waals surface area contributed by atoms with Crippen molar-refractivity contribution in [2.75, 3.05) is 10.6 Å². The summed E-state index contributed by atoms with van der Waals surface area (Å²) in [6.07, 6.45) is 0.990. The van der Waals surface area contributed by atoms with Crippen molar-refractivity contribution in [2.24, 2.45) is 0 Å². The van der Waals surface area contributed by atoms with E-state index in [1.54, 1.807) is 24.3 Å². The lowest BCUT2D eigenvalue weighted by Crippen LogP contribution is -2.33. The van der Waals surface area contributed by atoms with Gasteiger partial charge in [-0.25, -0.2) is 4.79 Å². The molecule has 1 saturated carbocycles. The molecule has 5 N–H and O–H groups in total. The molecule has 4 aromatic rings. The number of carbonyl (C=O) groups is 2. The van der Waals surface area contributed by atoms with E-state index in [1.165, 1.54) is 37.0 Å². The Labute approximate surface area is 250 Å². The SMILES string of the molecule is O=C(Nc1ccc(OC(F)(F)F)c(CO)c1)NC(c1ccc(C(=O)Nc2nn[nH]n2)cc1)c1ccc(C2CCCCC2)cc1. The summed E-state index contributed by atoms with van der Waals surface area (Å²) in [5, 5.41) is 30.6. The van der Waals surface area contributed by atoms with Gasteiger partial charge in [0.2, 0.25) is 0 Å². The van der Waals surface area contributed by atoms with Crippen LogP contribution in [0.3, 0.4) is 0 Å². The summed E-state index contributed by atoms with van der Waals surface area (Å²) >= 11 is 0. The van der Waals surface area contributed by atoms with E-state index in [4.69, 9.17) is 0 Å². The van der Waals surface area contributed by atoms with Crippen LogP contribution in [0.5, 0.6) is 5.75 Å². The van der Waals surface area contributed by atoms with Crippen LogP contribution in [0.1, 0.15) is 76.7 Å². The molecule has 1 aliphatic rings. The van der Waals surface area contributed by atoms with Crippen LogP contribution in [0.2, 0.25) is 0 Å². The van der Waals surface area contributed by atoms with E-state index in [-0.39, 0.29) is 17.2 Å². The Hall–Kier alpha value is -4.98. The number of benzene rings is 3. The fraction of sp³-hybridized carbons (Fsp3) is 0.300. The average molecular weight is 610 g/mol. The second kappa shape index (κ2) is 13.5. The normalized spacial score (nSPS) is 14.5. The monoisotopic (exact) mass is 609 g/mol. The topological polar surface area (TPSA) is 154 Å². The van der Waals surface area contributed by atoms with E-state index in [1.807, 2.05) is 12.1 Å². The first-order chi connectivity index (χ1) is 21.2. The second-order valence-corrected chi connectivity index (χ2v) is 10.4. The fourth-order valence-corrected chi connectivity index (χ4v) is 5.27. The molecule has 1 unspecified atom stereocenters. The zero-order chi connectivity index (χ0) is 31.1. The Morgan fingerprint density at radius 1 is 0.955 bits per heavy atom. The van der Waals surface area contributed by atoms with Gasteiger partial charge >= 0.3 is 12.4 Å². The number of tetrazole rings is 1. The minimum atomic E-state index is -4.93. The van der Waals surface area contributed by atoms with Crippen LogP contribution in [-0.2, 0) is 6.61 Å². The summed E-state index contributed by atoms with van der Waals surface area (Å²) in [4.78, 5) is 25.8. The van der Waals surface area contributed by atoms with Crippen LogP contribution < -0.4 is 20.7 Å². The van der Waals surface area contributed by atoms with Crippen molar-refractivity contribution in [3.05, 3.63) is 94.5 Å². The minimum absolute atomic E-state index is 0.0238. The van der Waals surface area contributed by atoms with Crippen molar-refractivity contribution in [1.82, 2.24) is 25.9 Å². The van der Waals surface area contributed by atoms with Crippen molar-refractivity contribution in [3.63, 3.8) is 0 Å². The molecule has 11 nitrogen and oxygen atoms in total. The number of halogens is 3. The van der Waals surface area contributed by atoms with Gasteiger partial charge in [-0.2, -0.15) is 5.21 Å². The number of aromatic amines is 1. The van der Waals surface area contributed by atoms with Gasteiger partial charge in [-0.15, -0.1) is 18.3 Å². The largest absolute Gasteiger partial charge is 0.573 e. The summed E-state index contributed by atoms with van der Waals surface area (Å²) < 4.78 is 42.1. The van der Waals surface area contributed by atoms with Gasteiger partial charge in [0, 0.05) is 16.8 Å². The number of hydrogen-bond donors (Lipinski definition) is 5. The first-order valence-corrected chi connectivity index (χ1v) is 14.0. The highest BCUT2D eigenvalue weighted by atomic mass is 19.4. The molecule has 3 aromatic carbocycles. The number of aromatic nitrogens is 4. The van der Waals surface area contributed by atoms with Gasteiger partial charge < -0.3 is 20.5 Å². The fourth-order valence-electron chi connectivity index (χ4n) is 5.27. The molecule has 14 heteroatoms. The van der Waals surface area contributed by atoms with E-state index >= 15 is 0 Å². The highest BCUT2D eigenvalue weighted by Gasteiger charge is 2.32. The number of nitrogens with zero attached hydrogens (tertiary/aromatic N) is 3. The molecular weight excluding hydrogens is 579 g/mol. The van der Waals surface area contributed by atoms with Crippen LogP contribution >= 0.6 is 0 Å². The Morgan fingerprint density at radius 2 is 1.64 bits per heavy atom. The Bertz CT molecular complexity index is 1560. The van der Waals surface area contributed by atoms with Gasteiger partial charge in [0.25, 0.3) is 11.9 Å². The van der Waals surface area contributed by atoms with E-state index in [0.717, 1.165) is 24.5 Å². The molecule has 0 bridgehead atoms. The van der Waals surface area contributed by atoms with Crippen molar-refractivity contribution in [2.45, 2.75) is 57.0 Å². The van der Waals surface area contributed by atoms with Gasteiger partial charge in [0.1, 0.15) is 5.75 Å². The Balaban J connectivity index is 1.36. The highest BCUT2D eigenvalue weighted by Crippen LogP contribution is 2.34. The molecule has 1 aromatic heterocycles. The van der Waals surface area contributed by atoms with Gasteiger partial charge in [-0.05, 0) is 71.0 Å². The number of aliphatic hydroxyl groups is 1. The van der Waals surface area contributed by atoms with Crippen LogP contribution in [0.15, 0.2) is 66.7 Å². The predicted octanol–water partition coefficient (Wildman–Crippen LogP) is 5.80. The lowest BCUT2D eigenvalue weighted by Gasteiger charge is -2.24. The van der Waals surface area contributed by atoms with Crippen LogP contribution in [0.25, 0.3) is 0 Å². The summed E-state index contributed by atoms with van der Waals surface area (Å²) in [6, 6.07) is 16.8. The van der Waals surface area contributed by atoms with Gasteiger partial charge in [-0.3, -0.25) is 10.1 Å². The Morgan fingerprint density at radius 3 is 2.25 bits per heavy atom. The molecule has 0 aliphatic heterocycles. The number of ether oxygens (including phenoxy) is 1. The molecule has 5 rings (SSSR count). The van der Waals surface area contributed by atoms with Crippen molar-refractivity contribution in [1.29, 1.82) is 0 Å². The molecule has 230 valence electrons. The summed E-state index contributed by atoms with van der Waals surface area (Å²) in [5.41, 5.74) is 3.03. The maximum Gasteiger partial charge on any atom is 0.573 e. The number of amides is 3. The maximum absolute atomic E-state index is 13.2. The van der Waals surface area contributed by atoms with E-state index in [9.17, 15) is 27.9 Å². The summed E-state index contributed by atoms with van der Waals surface area (Å²) in [6.45, 7) is -0.731. The van der Waals surface area contributed by atoms with Crippen LogP contribution in [0.4, 0.5) is 29.6 Å². The molecule has 0 spiro atoms. The quantitative estimate of drug-likeness (QED) is 0.161. The molecule has 1 aliphatic carbocycles. The lowest BCUT2D eigenvalue weighted by molar-refractivity contribution is -0.275. The van der Waals surface area contributed by atoms with Gasteiger partial charge in [0.05, 0.1) is 12.6 Å². The molecule has 44 heavy (non-hydrogen) atoms. The number of alkyl halides is 3. The maximum atomic E-state index is 13.2. The smallest absolute Gasteiger partial charge is 0.405 e. The molecule has 1 atom stereocenters. The Kier molecular flexibility index (Phi) is 9.38. The van der Waals surface area contributed by atoms with Gasteiger partial charge in [0.15, 0.2) is 0 Å². The highest BCUT2D eigenvalue weighted by molar-refractivity contribution is 6.03. The number of aliphatic hydroxyl groups excluding tert-OH is 1. The molecule has 1 heterocycles. The van der Waals surface area contributed by atoms with Crippen molar-refractivity contribution in [3.8, 4) is 5.75 Å². The van der Waals surface area contributed by atoms with E-state index in [0.29, 0.717) is 17.0 Å². The zero-order valence-electron chi connectivity index (χ0n) is 23.4. The van der Waals surface area contributed by atoms with Crippen molar-refractivity contribution >= 4 is 23.6 Å². The first kappa shape index (κ1) is 30.5. The molecule has 0 saturated heterocycles. The van der Waals surface area contributed by atoms with Gasteiger partial charge in [-0.1, -0.05) is 60.8 Å². The van der Waals surface area contributed by atoms with Crippen LogP contribution in [-0.4, -0.2) is 44.0 Å². The number of carbonyl (C=O) groups excluding carboxylic acids is 2.